The topological polar surface area (TPSA) is 55.1 Å². The molecule has 2 aromatic rings. The second-order valence-corrected chi connectivity index (χ2v) is 5.25. The van der Waals surface area contributed by atoms with Crippen molar-refractivity contribution < 1.29 is 9.90 Å². The number of hydrogen-bond donors (Lipinski definition) is 1. The van der Waals surface area contributed by atoms with Crippen molar-refractivity contribution in [2.24, 2.45) is 0 Å². The molecule has 0 saturated carbocycles. The number of nitrogens with zero attached hydrogens (tertiary/aromatic N) is 2. The molecule has 20 heavy (non-hydrogen) atoms. The Morgan fingerprint density at radius 1 is 1.15 bits per heavy atom. The van der Waals surface area contributed by atoms with Crippen LogP contribution in [0.3, 0.4) is 0 Å². The average molecular weight is 272 g/mol. The first-order valence-corrected chi connectivity index (χ1v) is 6.70. The number of rotatable bonds is 4. The van der Waals surface area contributed by atoms with Crippen molar-refractivity contribution in [1.82, 2.24) is 9.78 Å². The van der Waals surface area contributed by atoms with Gasteiger partial charge in [0.1, 0.15) is 0 Å². The van der Waals surface area contributed by atoms with E-state index in [0.717, 1.165) is 17.0 Å². The molecule has 0 aliphatic carbocycles. The summed E-state index contributed by atoms with van der Waals surface area (Å²) < 4.78 is 1.91. The van der Waals surface area contributed by atoms with E-state index in [1.807, 2.05) is 24.6 Å². The Balaban J connectivity index is 2.38. The Labute approximate surface area is 119 Å². The molecule has 0 saturated heterocycles. The summed E-state index contributed by atoms with van der Waals surface area (Å²) in [5.74, 6) is -0.817. The molecule has 0 spiro atoms. The van der Waals surface area contributed by atoms with Gasteiger partial charge >= 0.3 is 5.97 Å². The fraction of sp³-hybridized carbons (Fsp3) is 0.375. The third-order valence-electron chi connectivity index (χ3n) is 3.81. The van der Waals surface area contributed by atoms with Gasteiger partial charge in [0.25, 0.3) is 0 Å². The molecule has 0 atom stereocenters. The third kappa shape index (κ3) is 2.74. The molecule has 4 heteroatoms. The van der Waals surface area contributed by atoms with Crippen molar-refractivity contribution >= 4 is 5.97 Å². The summed E-state index contributed by atoms with van der Waals surface area (Å²) in [7, 11) is 0. The number of aryl methyl sites for hydroxylation is 3. The molecule has 0 bridgehead atoms. The molecule has 1 aromatic carbocycles. The molecule has 0 fully saturated rings. The maximum atomic E-state index is 10.9. The van der Waals surface area contributed by atoms with Crippen molar-refractivity contribution in [1.29, 1.82) is 0 Å². The van der Waals surface area contributed by atoms with Crippen LogP contribution in [0, 0.1) is 27.7 Å². The van der Waals surface area contributed by atoms with Gasteiger partial charge in [-0.25, -0.2) is 0 Å². The van der Waals surface area contributed by atoms with Gasteiger partial charge in [-0.05, 0) is 44.4 Å². The first-order chi connectivity index (χ1) is 9.40. The maximum Gasteiger partial charge on any atom is 0.307 e. The Morgan fingerprint density at radius 3 is 2.30 bits per heavy atom. The maximum absolute atomic E-state index is 10.9. The summed E-state index contributed by atoms with van der Waals surface area (Å²) in [4.78, 5) is 10.9. The van der Waals surface area contributed by atoms with E-state index in [1.54, 1.807) is 0 Å². The van der Waals surface area contributed by atoms with E-state index in [9.17, 15) is 4.79 Å². The van der Waals surface area contributed by atoms with E-state index >= 15 is 0 Å². The summed E-state index contributed by atoms with van der Waals surface area (Å²) >= 11 is 0. The minimum absolute atomic E-state index is 0.0322. The fourth-order valence-electron chi connectivity index (χ4n) is 2.54. The van der Waals surface area contributed by atoms with Crippen LogP contribution in [0.2, 0.25) is 0 Å². The van der Waals surface area contributed by atoms with Crippen molar-refractivity contribution in [3.8, 4) is 0 Å². The van der Waals surface area contributed by atoms with Crippen LogP contribution in [-0.4, -0.2) is 20.9 Å². The monoisotopic (exact) mass is 272 g/mol. The largest absolute Gasteiger partial charge is 0.481 e. The van der Waals surface area contributed by atoms with Crippen molar-refractivity contribution in [2.75, 3.05) is 0 Å². The van der Waals surface area contributed by atoms with Gasteiger partial charge in [0.05, 0.1) is 18.7 Å². The normalized spacial score (nSPS) is 10.8. The van der Waals surface area contributed by atoms with E-state index < -0.39 is 5.97 Å². The zero-order valence-electron chi connectivity index (χ0n) is 12.4. The summed E-state index contributed by atoms with van der Waals surface area (Å²) in [6.45, 7) is 8.67. The highest BCUT2D eigenvalue weighted by molar-refractivity contribution is 5.70. The molecular weight excluding hydrogens is 252 g/mol. The lowest BCUT2D eigenvalue weighted by Gasteiger charge is -2.11. The van der Waals surface area contributed by atoms with Gasteiger partial charge < -0.3 is 5.11 Å². The lowest BCUT2D eigenvalue weighted by atomic mass is 10.0. The summed E-state index contributed by atoms with van der Waals surface area (Å²) in [5, 5.41) is 13.5. The standard InChI is InChI=1S/C16H20N2O2/c1-10-6-5-7-11(2)15(10)9-18-13(4)14(8-16(19)20)12(3)17-18/h5-7H,8-9H2,1-4H3,(H,19,20). The Bertz CT molecular complexity index is 636. The first kappa shape index (κ1) is 14.3. The summed E-state index contributed by atoms with van der Waals surface area (Å²) in [6, 6.07) is 6.23. The zero-order chi connectivity index (χ0) is 14.9. The van der Waals surface area contributed by atoms with E-state index in [-0.39, 0.29) is 6.42 Å². The molecule has 106 valence electrons. The highest BCUT2D eigenvalue weighted by atomic mass is 16.4. The highest BCUT2D eigenvalue weighted by Crippen LogP contribution is 2.19. The lowest BCUT2D eigenvalue weighted by molar-refractivity contribution is -0.136. The van der Waals surface area contributed by atoms with E-state index in [4.69, 9.17) is 5.11 Å². The van der Waals surface area contributed by atoms with Crippen LogP contribution < -0.4 is 0 Å². The van der Waals surface area contributed by atoms with Crippen LogP contribution in [-0.2, 0) is 17.8 Å². The SMILES string of the molecule is Cc1cccc(C)c1Cn1nc(C)c(CC(=O)O)c1C. The predicted molar refractivity (Wildman–Crippen MR) is 78.1 cm³/mol. The van der Waals surface area contributed by atoms with Gasteiger partial charge in [-0.15, -0.1) is 0 Å². The summed E-state index contributed by atoms with van der Waals surface area (Å²) in [5.41, 5.74) is 6.28. The number of carboxylic acids is 1. The molecule has 1 N–H and O–H groups in total. The third-order valence-corrected chi connectivity index (χ3v) is 3.81. The summed E-state index contributed by atoms with van der Waals surface area (Å²) in [6.07, 6.45) is 0.0322. The van der Waals surface area contributed by atoms with Crippen LogP contribution >= 0.6 is 0 Å². The lowest BCUT2D eigenvalue weighted by Crippen LogP contribution is -2.08. The molecule has 0 unspecified atom stereocenters. The second-order valence-electron chi connectivity index (χ2n) is 5.25. The van der Waals surface area contributed by atoms with Crippen molar-refractivity contribution in [2.45, 2.75) is 40.7 Å². The van der Waals surface area contributed by atoms with Gasteiger partial charge in [0.15, 0.2) is 0 Å². The zero-order valence-corrected chi connectivity index (χ0v) is 12.4. The van der Waals surface area contributed by atoms with Gasteiger partial charge in [0.2, 0.25) is 0 Å². The van der Waals surface area contributed by atoms with Crippen LogP contribution in [0.25, 0.3) is 0 Å². The smallest absolute Gasteiger partial charge is 0.307 e. The van der Waals surface area contributed by atoms with Gasteiger partial charge in [-0.2, -0.15) is 5.10 Å². The van der Waals surface area contributed by atoms with Crippen molar-refractivity contribution in [3.63, 3.8) is 0 Å². The van der Waals surface area contributed by atoms with E-state index in [0.29, 0.717) is 6.54 Å². The Kier molecular flexibility index (Phi) is 3.93. The van der Waals surface area contributed by atoms with Crippen LogP contribution in [0.15, 0.2) is 18.2 Å². The number of carbonyl (C=O) groups is 1. The van der Waals surface area contributed by atoms with E-state index in [1.165, 1.54) is 16.7 Å². The number of aliphatic carboxylic acids is 1. The van der Waals surface area contributed by atoms with Crippen LogP contribution in [0.4, 0.5) is 0 Å². The number of hydrogen-bond acceptors (Lipinski definition) is 2. The first-order valence-electron chi connectivity index (χ1n) is 6.70. The van der Waals surface area contributed by atoms with Gasteiger partial charge in [0, 0.05) is 11.3 Å². The molecule has 0 amide bonds. The van der Waals surface area contributed by atoms with Crippen LogP contribution in [0.1, 0.15) is 33.6 Å². The molecule has 0 aliphatic heterocycles. The quantitative estimate of drug-likeness (QED) is 0.931. The highest BCUT2D eigenvalue weighted by Gasteiger charge is 2.15. The fourth-order valence-corrected chi connectivity index (χ4v) is 2.54. The van der Waals surface area contributed by atoms with Gasteiger partial charge in [-0.3, -0.25) is 9.48 Å². The Hall–Kier alpha value is -2.10. The average Bonchev–Trinajstić information content (AvgIpc) is 2.61. The molecule has 2 rings (SSSR count). The molecule has 0 radical (unpaired) electrons. The second kappa shape index (κ2) is 5.49. The number of carboxylic acid groups (broad SMARTS) is 1. The van der Waals surface area contributed by atoms with Crippen molar-refractivity contribution in [3.05, 3.63) is 51.8 Å². The van der Waals surface area contributed by atoms with E-state index in [2.05, 4.69) is 31.1 Å². The number of benzene rings is 1. The van der Waals surface area contributed by atoms with Crippen LogP contribution in [0.5, 0.6) is 0 Å². The molecular formula is C16H20N2O2. The minimum atomic E-state index is -0.817. The minimum Gasteiger partial charge on any atom is -0.481 e. The van der Waals surface area contributed by atoms with Gasteiger partial charge in [-0.1, -0.05) is 18.2 Å². The molecule has 4 nitrogen and oxygen atoms in total. The number of aromatic nitrogens is 2. The molecule has 0 aliphatic rings. The Morgan fingerprint density at radius 2 is 1.75 bits per heavy atom. The predicted octanol–water partition coefficient (Wildman–Crippen LogP) is 2.79. The molecule has 1 heterocycles. The molecule has 1 aromatic heterocycles.